The zero-order valence-corrected chi connectivity index (χ0v) is 15.0. The lowest BCUT2D eigenvalue weighted by atomic mass is 9.42. The van der Waals surface area contributed by atoms with E-state index in [0.717, 1.165) is 44.9 Å². The third-order valence-corrected chi connectivity index (χ3v) is 9.40. The highest BCUT2D eigenvalue weighted by molar-refractivity contribution is 5.71. The van der Waals surface area contributed by atoms with Crippen LogP contribution in [0, 0.1) is 28.6 Å². The predicted molar refractivity (Wildman–Crippen MR) is 89.8 cm³/mol. The van der Waals surface area contributed by atoms with Gasteiger partial charge in [0.2, 0.25) is 0 Å². The first-order valence-corrected chi connectivity index (χ1v) is 10.0. The second kappa shape index (κ2) is 4.79. The Bertz CT molecular complexity index is 621. The van der Waals surface area contributed by atoms with E-state index in [4.69, 9.17) is 4.74 Å². The average Bonchev–Trinajstić information content (AvgIpc) is 3.03. The fraction of sp³-hybridized carbons (Fsp3) is 0.950. The molecule has 5 heteroatoms. The molecule has 4 aliphatic carbocycles. The number of carbonyl (C=O) groups is 1. The van der Waals surface area contributed by atoms with E-state index in [0.29, 0.717) is 25.4 Å². The van der Waals surface area contributed by atoms with E-state index in [9.17, 15) is 20.1 Å². The van der Waals surface area contributed by atoms with Gasteiger partial charge in [0.25, 0.3) is 0 Å². The number of aliphatic hydroxyl groups is 2. The van der Waals surface area contributed by atoms with Crippen molar-refractivity contribution in [2.24, 2.45) is 28.6 Å². The fourth-order valence-corrected chi connectivity index (χ4v) is 8.27. The van der Waals surface area contributed by atoms with Gasteiger partial charge in [-0.05, 0) is 68.6 Å². The molecular formula is C20H30O5. The Kier molecular flexibility index (Phi) is 3.16. The second-order valence-electron chi connectivity index (χ2n) is 9.95. The number of hydrogen-bond acceptors (Lipinski definition) is 4. The molecule has 8 atom stereocenters. The Morgan fingerprint density at radius 2 is 1.84 bits per heavy atom. The van der Waals surface area contributed by atoms with Crippen molar-refractivity contribution >= 4 is 5.97 Å². The van der Waals surface area contributed by atoms with Crippen LogP contribution in [0.1, 0.15) is 64.7 Å². The molecule has 25 heavy (non-hydrogen) atoms. The summed E-state index contributed by atoms with van der Waals surface area (Å²) in [6.45, 7) is 2.76. The zero-order chi connectivity index (χ0) is 17.7. The predicted octanol–water partition coefficient (Wildman–Crippen LogP) is 2.34. The molecule has 1 spiro atoms. The molecule has 1 saturated heterocycles. The molecule has 5 aliphatic rings. The molecule has 1 aliphatic heterocycles. The van der Waals surface area contributed by atoms with Crippen LogP contribution in [0.2, 0.25) is 0 Å². The molecular weight excluding hydrogens is 320 g/mol. The van der Waals surface area contributed by atoms with Gasteiger partial charge in [-0.2, -0.15) is 0 Å². The highest BCUT2D eigenvalue weighted by Gasteiger charge is 2.76. The maximum absolute atomic E-state index is 11.8. The van der Waals surface area contributed by atoms with Crippen molar-refractivity contribution < 1.29 is 24.9 Å². The summed E-state index contributed by atoms with van der Waals surface area (Å²) in [4.78, 5) is 11.8. The number of aliphatic hydroxyl groups excluding tert-OH is 1. The van der Waals surface area contributed by atoms with Crippen LogP contribution in [0.25, 0.3) is 0 Å². The van der Waals surface area contributed by atoms with E-state index in [1.54, 1.807) is 0 Å². The number of ether oxygens (including phenoxy) is 1. The average molecular weight is 350 g/mol. The molecule has 0 aromatic rings. The lowest BCUT2D eigenvalue weighted by Crippen LogP contribution is -2.66. The van der Waals surface area contributed by atoms with Crippen molar-refractivity contribution in [2.75, 3.05) is 6.61 Å². The molecule has 1 heterocycles. The minimum atomic E-state index is -0.812. The zero-order valence-electron chi connectivity index (χ0n) is 15.0. The molecule has 0 aromatic carbocycles. The highest BCUT2D eigenvalue weighted by Crippen LogP contribution is 2.74. The van der Waals surface area contributed by atoms with Gasteiger partial charge >= 0.3 is 5.97 Å². The van der Waals surface area contributed by atoms with Crippen molar-refractivity contribution in [2.45, 2.75) is 82.0 Å². The quantitative estimate of drug-likeness (QED) is 0.676. The Morgan fingerprint density at radius 3 is 2.60 bits per heavy atom. The van der Waals surface area contributed by atoms with Crippen LogP contribution in [-0.2, 0) is 9.53 Å². The molecule has 0 radical (unpaired) electrons. The van der Waals surface area contributed by atoms with Gasteiger partial charge in [0.1, 0.15) is 0 Å². The van der Waals surface area contributed by atoms with E-state index >= 15 is 0 Å². The molecule has 5 nitrogen and oxygen atoms in total. The summed E-state index contributed by atoms with van der Waals surface area (Å²) in [6, 6.07) is 0. The first kappa shape index (κ1) is 16.5. The number of carboxylic acids is 1. The van der Waals surface area contributed by atoms with Crippen molar-refractivity contribution in [3.8, 4) is 0 Å². The Morgan fingerprint density at radius 1 is 1.04 bits per heavy atom. The van der Waals surface area contributed by atoms with E-state index in [-0.39, 0.29) is 28.3 Å². The summed E-state index contributed by atoms with van der Waals surface area (Å²) in [5.41, 5.74) is -1.47. The Balaban J connectivity index is 1.56. The van der Waals surface area contributed by atoms with Crippen LogP contribution in [0.5, 0.6) is 0 Å². The van der Waals surface area contributed by atoms with Crippen LogP contribution in [0.3, 0.4) is 0 Å². The summed E-state index contributed by atoms with van der Waals surface area (Å²) in [7, 11) is 0. The Hall–Kier alpha value is -0.650. The minimum absolute atomic E-state index is 0.183. The van der Waals surface area contributed by atoms with Gasteiger partial charge < -0.3 is 20.1 Å². The molecule has 5 rings (SSSR count). The summed E-state index contributed by atoms with van der Waals surface area (Å²) < 4.78 is 6.60. The summed E-state index contributed by atoms with van der Waals surface area (Å²) in [5.74, 6) is -0.310. The van der Waals surface area contributed by atoms with E-state index in [1.165, 1.54) is 0 Å². The second-order valence-corrected chi connectivity index (χ2v) is 9.95. The number of rotatable bonds is 1. The maximum atomic E-state index is 11.8. The maximum Gasteiger partial charge on any atom is 0.307 e. The van der Waals surface area contributed by atoms with E-state index in [1.807, 2.05) is 0 Å². The van der Waals surface area contributed by atoms with Crippen molar-refractivity contribution in [3.05, 3.63) is 0 Å². The normalized spacial score (nSPS) is 59.8. The SMILES string of the molecule is C[C@]12CC[C@H]3[C@@]4(CC[C@]5(O)C[C@H](O)CC[C@]35CO4)[C@@H]1CC[C@@H]2C(=O)O. The van der Waals surface area contributed by atoms with Crippen LogP contribution in [0.15, 0.2) is 0 Å². The third-order valence-electron chi connectivity index (χ3n) is 9.40. The summed E-state index contributed by atoms with van der Waals surface area (Å²) >= 11 is 0. The number of hydrogen-bond donors (Lipinski definition) is 3. The van der Waals surface area contributed by atoms with Gasteiger partial charge in [-0.25, -0.2) is 0 Å². The number of carboxylic acid groups (broad SMARTS) is 1. The van der Waals surface area contributed by atoms with Gasteiger partial charge in [-0.3, -0.25) is 4.79 Å². The van der Waals surface area contributed by atoms with Crippen molar-refractivity contribution in [1.29, 1.82) is 0 Å². The summed E-state index contributed by atoms with van der Waals surface area (Å²) in [5, 5.41) is 31.4. The van der Waals surface area contributed by atoms with Crippen LogP contribution in [0.4, 0.5) is 0 Å². The third kappa shape index (κ3) is 1.73. The molecule has 0 aromatic heterocycles. The first-order chi connectivity index (χ1) is 11.8. The molecule has 5 fully saturated rings. The van der Waals surface area contributed by atoms with Gasteiger partial charge in [0, 0.05) is 11.8 Å². The van der Waals surface area contributed by atoms with E-state index in [2.05, 4.69) is 6.92 Å². The van der Waals surface area contributed by atoms with Gasteiger partial charge in [0.05, 0.1) is 29.8 Å². The molecule has 0 unspecified atom stereocenters. The van der Waals surface area contributed by atoms with Crippen molar-refractivity contribution in [3.63, 3.8) is 0 Å². The molecule has 140 valence electrons. The van der Waals surface area contributed by atoms with Crippen molar-refractivity contribution in [1.82, 2.24) is 0 Å². The number of fused-ring (bicyclic) bond motifs is 1. The lowest BCUT2D eigenvalue weighted by molar-refractivity contribution is -0.216. The van der Waals surface area contributed by atoms with Gasteiger partial charge in [0.15, 0.2) is 0 Å². The monoisotopic (exact) mass is 350 g/mol. The first-order valence-electron chi connectivity index (χ1n) is 10.0. The van der Waals surface area contributed by atoms with Crippen LogP contribution in [-0.4, -0.2) is 45.2 Å². The summed E-state index contributed by atoms with van der Waals surface area (Å²) in [6.07, 6.45) is 6.72. The molecule has 3 N–H and O–H groups in total. The van der Waals surface area contributed by atoms with E-state index < -0.39 is 17.7 Å². The lowest BCUT2D eigenvalue weighted by Gasteiger charge is -2.63. The topological polar surface area (TPSA) is 87.0 Å². The smallest absolute Gasteiger partial charge is 0.307 e. The number of aliphatic carboxylic acids is 1. The largest absolute Gasteiger partial charge is 0.481 e. The highest BCUT2D eigenvalue weighted by atomic mass is 16.5. The van der Waals surface area contributed by atoms with Gasteiger partial charge in [-0.1, -0.05) is 6.92 Å². The van der Waals surface area contributed by atoms with Crippen LogP contribution < -0.4 is 0 Å². The fourth-order valence-electron chi connectivity index (χ4n) is 8.27. The minimum Gasteiger partial charge on any atom is -0.481 e. The molecule has 4 saturated carbocycles. The Labute approximate surface area is 148 Å². The molecule has 0 amide bonds. The van der Waals surface area contributed by atoms with Crippen LogP contribution >= 0.6 is 0 Å². The standard InChI is InChI=1S/C20H30O5/c1-17-6-5-15-18-7-4-12(21)10-19(18,24)8-9-20(15,25-11-18)14(17)3-2-13(17)16(22)23/h12-15,21,24H,2-11H2,1H3,(H,22,23)/t12-,13-,14-,15-,17-,18+,19+,20-/m1/s1. The van der Waals surface area contributed by atoms with Gasteiger partial charge in [-0.15, -0.1) is 0 Å². The molecule has 2 bridgehead atoms.